The molecule has 1 aliphatic heterocycles. The lowest BCUT2D eigenvalue weighted by molar-refractivity contribution is 0.148. The maximum absolute atomic E-state index is 4.78. The molecule has 7 heteroatoms. The van der Waals surface area contributed by atoms with E-state index in [0.29, 0.717) is 18.6 Å². The molecule has 2 rings (SSSR count). The molecule has 1 aromatic carbocycles. The summed E-state index contributed by atoms with van der Waals surface area (Å²) in [5.74, 6) is 0.895. The fourth-order valence-corrected chi connectivity index (χ4v) is 3.94. The van der Waals surface area contributed by atoms with E-state index in [9.17, 15) is 0 Å². The molecule has 6 nitrogen and oxygen atoms in total. The topological polar surface area (TPSA) is 46.1 Å². The number of benzene rings is 1. The van der Waals surface area contributed by atoms with Crippen LogP contribution in [0.2, 0.25) is 0 Å². The van der Waals surface area contributed by atoms with Crippen LogP contribution in [0.4, 0.5) is 0 Å². The zero-order valence-electron chi connectivity index (χ0n) is 20.5. The number of rotatable bonds is 10. The summed E-state index contributed by atoms with van der Waals surface area (Å²) < 4.78 is 0. The van der Waals surface area contributed by atoms with Gasteiger partial charge >= 0.3 is 0 Å². The zero-order valence-corrected chi connectivity index (χ0v) is 22.9. The van der Waals surface area contributed by atoms with Gasteiger partial charge in [0.15, 0.2) is 5.96 Å². The highest BCUT2D eigenvalue weighted by Crippen LogP contribution is 2.10. The predicted octanol–water partition coefficient (Wildman–Crippen LogP) is 3.23. The van der Waals surface area contributed by atoms with E-state index in [1.807, 2.05) is 0 Å². The molecule has 0 amide bonds. The van der Waals surface area contributed by atoms with Crippen molar-refractivity contribution in [1.82, 2.24) is 25.3 Å². The molecule has 0 bridgehead atoms. The van der Waals surface area contributed by atoms with Crippen LogP contribution in [0.5, 0.6) is 0 Å². The van der Waals surface area contributed by atoms with Crippen molar-refractivity contribution in [2.45, 2.75) is 59.8 Å². The smallest absolute Gasteiger partial charge is 0.191 e. The van der Waals surface area contributed by atoms with E-state index in [4.69, 9.17) is 4.99 Å². The fourth-order valence-electron chi connectivity index (χ4n) is 3.94. The minimum Gasteiger partial charge on any atom is -0.357 e. The van der Waals surface area contributed by atoms with Crippen LogP contribution in [0.3, 0.4) is 0 Å². The monoisotopic (exact) mass is 544 g/mol. The van der Waals surface area contributed by atoms with Gasteiger partial charge in [-0.25, -0.2) is 4.99 Å². The van der Waals surface area contributed by atoms with Crippen LogP contribution in [-0.2, 0) is 13.1 Å². The Balaban J connectivity index is 0.00000480. The quantitative estimate of drug-likeness (QED) is 0.269. The van der Waals surface area contributed by atoms with Gasteiger partial charge in [0.25, 0.3) is 0 Å². The first-order valence-corrected chi connectivity index (χ1v) is 11.7. The summed E-state index contributed by atoms with van der Waals surface area (Å²) >= 11 is 0. The van der Waals surface area contributed by atoms with E-state index in [1.165, 1.54) is 24.2 Å². The Labute approximate surface area is 207 Å². The van der Waals surface area contributed by atoms with Gasteiger partial charge in [-0.05, 0) is 52.8 Å². The maximum atomic E-state index is 4.78. The Bertz CT molecular complexity index is 615. The molecule has 1 aliphatic rings. The lowest BCUT2D eigenvalue weighted by Crippen LogP contribution is -2.45. The van der Waals surface area contributed by atoms with Crippen molar-refractivity contribution in [3.05, 3.63) is 35.4 Å². The van der Waals surface area contributed by atoms with E-state index >= 15 is 0 Å². The lowest BCUT2D eigenvalue weighted by atomic mass is 10.1. The van der Waals surface area contributed by atoms with Crippen molar-refractivity contribution < 1.29 is 0 Å². The van der Waals surface area contributed by atoms with Crippen molar-refractivity contribution in [2.75, 3.05) is 52.9 Å². The van der Waals surface area contributed by atoms with E-state index in [-0.39, 0.29) is 24.0 Å². The summed E-state index contributed by atoms with van der Waals surface area (Å²) in [6.45, 7) is 20.3. The first-order chi connectivity index (χ1) is 14.4. The van der Waals surface area contributed by atoms with Crippen molar-refractivity contribution in [3.63, 3.8) is 0 Å². The molecule has 0 aliphatic carbocycles. The number of guanidine groups is 1. The second-order valence-corrected chi connectivity index (χ2v) is 8.94. The normalized spacial score (nSPS) is 16.1. The third kappa shape index (κ3) is 10.5. The average Bonchev–Trinajstić information content (AvgIpc) is 2.71. The van der Waals surface area contributed by atoms with Gasteiger partial charge in [0.2, 0.25) is 0 Å². The highest BCUT2D eigenvalue weighted by Gasteiger charge is 2.14. The van der Waals surface area contributed by atoms with E-state index in [1.54, 1.807) is 0 Å². The van der Waals surface area contributed by atoms with E-state index < -0.39 is 0 Å². The molecular formula is C24H45IN6. The van der Waals surface area contributed by atoms with Crippen LogP contribution < -0.4 is 10.6 Å². The standard InChI is InChI=1S/C24H44N6.HI/c1-7-25-24(26-12-13-30(20(2)3)21(4)5)27-18-22-8-10-23(11-9-22)19-29-16-14-28(6)15-17-29;/h8-11,20-21H,7,12-19H2,1-6H3,(H2,25,26,27);1H. The lowest BCUT2D eigenvalue weighted by Gasteiger charge is -2.32. The highest BCUT2D eigenvalue weighted by atomic mass is 127. The molecule has 1 aromatic rings. The van der Waals surface area contributed by atoms with Crippen molar-refractivity contribution in [2.24, 2.45) is 4.99 Å². The molecule has 0 aromatic heterocycles. The van der Waals surface area contributed by atoms with Crippen molar-refractivity contribution >= 4 is 29.9 Å². The minimum absolute atomic E-state index is 0. The van der Waals surface area contributed by atoms with Crippen LogP contribution in [0.15, 0.2) is 29.3 Å². The number of hydrogen-bond acceptors (Lipinski definition) is 4. The molecule has 178 valence electrons. The van der Waals surface area contributed by atoms with Crippen LogP contribution in [-0.4, -0.2) is 85.6 Å². The summed E-state index contributed by atoms with van der Waals surface area (Å²) in [5, 5.41) is 6.85. The van der Waals surface area contributed by atoms with E-state index in [2.05, 4.69) is 91.3 Å². The van der Waals surface area contributed by atoms with Gasteiger partial charge in [0.1, 0.15) is 0 Å². The van der Waals surface area contributed by atoms with Crippen LogP contribution in [0, 0.1) is 0 Å². The predicted molar refractivity (Wildman–Crippen MR) is 144 cm³/mol. The van der Waals surface area contributed by atoms with Gasteiger partial charge in [-0.2, -0.15) is 0 Å². The Hall–Kier alpha value is -0.900. The Morgan fingerprint density at radius 2 is 1.55 bits per heavy atom. The molecule has 1 heterocycles. The largest absolute Gasteiger partial charge is 0.357 e. The summed E-state index contributed by atoms with van der Waals surface area (Å²) in [7, 11) is 2.20. The fraction of sp³-hybridized carbons (Fsp3) is 0.708. The molecule has 0 atom stereocenters. The van der Waals surface area contributed by atoms with Gasteiger partial charge in [-0.15, -0.1) is 24.0 Å². The number of hydrogen-bond donors (Lipinski definition) is 2. The maximum Gasteiger partial charge on any atom is 0.191 e. The van der Waals surface area contributed by atoms with Gasteiger partial charge in [0, 0.05) is 64.4 Å². The summed E-state index contributed by atoms with van der Waals surface area (Å²) in [4.78, 5) is 12.2. The Morgan fingerprint density at radius 3 is 2.10 bits per heavy atom. The minimum atomic E-state index is 0. The van der Waals surface area contributed by atoms with Gasteiger partial charge in [0.05, 0.1) is 6.54 Å². The third-order valence-electron chi connectivity index (χ3n) is 5.78. The van der Waals surface area contributed by atoms with Gasteiger partial charge < -0.3 is 15.5 Å². The van der Waals surface area contributed by atoms with Crippen molar-refractivity contribution in [1.29, 1.82) is 0 Å². The molecule has 1 fully saturated rings. The Morgan fingerprint density at radius 1 is 0.968 bits per heavy atom. The Kier molecular flexibility index (Phi) is 13.6. The number of piperazine rings is 1. The zero-order chi connectivity index (χ0) is 21.9. The number of nitrogens with zero attached hydrogens (tertiary/aromatic N) is 4. The summed E-state index contributed by atoms with van der Waals surface area (Å²) in [6, 6.07) is 10.1. The summed E-state index contributed by atoms with van der Waals surface area (Å²) in [5.41, 5.74) is 2.64. The number of nitrogens with one attached hydrogen (secondary N) is 2. The van der Waals surface area contributed by atoms with Gasteiger partial charge in [-0.3, -0.25) is 9.80 Å². The molecular weight excluding hydrogens is 499 g/mol. The van der Waals surface area contributed by atoms with E-state index in [0.717, 1.165) is 45.2 Å². The summed E-state index contributed by atoms with van der Waals surface area (Å²) in [6.07, 6.45) is 0. The van der Waals surface area contributed by atoms with Gasteiger partial charge in [-0.1, -0.05) is 24.3 Å². The number of aliphatic imine (C=N–C) groups is 1. The molecule has 0 radical (unpaired) electrons. The van der Waals surface area contributed by atoms with Crippen LogP contribution >= 0.6 is 24.0 Å². The number of halogens is 1. The molecule has 0 saturated carbocycles. The average molecular weight is 545 g/mol. The molecule has 31 heavy (non-hydrogen) atoms. The highest BCUT2D eigenvalue weighted by molar-refractivity contribution is 14.0. The molecule has 1 saturated heterocycles. The molecule has 0 unspecified atom stereocenters. The first-order valence-electron chi connectivity index (χ1n) is 11.7. The molecule has 0 spiro atoms. The molecule has 2 N–H and O–H groups in total. The second-order valence-electron chi connectivity index (χ2n) is 8.94. The SMILES string of the molecule is CCNC(=NCc1ccc(CN2CCN(C)CC2)cc1)NCCN(C(C)C)C(C)C.I. The third-order valence-corrected chi connectivity index (χ3v) is 5.78. The first kappa shape index (κ1) is 28.1. The van der Waals surface area contributed by atoms with Crippen molar-refractivity contribution in [3.8, 4) is 0 Å². The van der Waals surface area contributed by atoms with Crippen LogP contribution in [0.25, 0.3) is 0 Å². The van der Waals surface area contributed by atoms with Crippen LogP contribution in [0.1, 0.15) is 45.7 Å². The number of likely N-dealkylation sites (N-methyl/N-ethyl adjacent to an activating group) is 1. The second kappa shape index (κ2) is 15.0.